The Morgan fingerprint density at radius 1 is 0.700 bits per heavy atom. The Morgan fingerprint density at radius 2 is 0.700 bits per heavy atom. The Kier molecular flexibility index (Phi) is 112. The van der Waals surface area contributed by atoms with Crippen LogP contribution in [0.5, 0.6) is 0 Å². The summed E-state index contributed by atoms with van der Waals surface area (Å²) < 4.78 is 25.4. The minimum Gasteiger partial charge on any atom is -0.804 e. The topological polar surface area (TPSA) is 120 Å². The average Bonchev–Trinajstić information content (AvgIpc) is 1.70. The molecule has 0 aliphatic carbocycles. The van der Waals surface area contributed by atoms with Gasteiger partial charge in [-0.2, -0.15) is 0 Å². The van der Waals surface area contributed by atoms with Gasteiger partial charge in [0.05, 0.1) is 0 Å². The Bertz CT molecular complexity index is 49.7. The summed E-state index contributed by atoms with van der Waals surface area (Å²) in [5.41, 5.74) is 0. The minimum atomic E-state index is -1.75. The van der Waals surface area contributed by atoms with Gasteiger partial charge in [0.1, 0.15) is 0 Å². The second kappa shape index (κ2) is 49.7. The summed E-state index contributed by atoms with van der Waals surface area (Å²) in [6, 6.07) is 0. The Hall–Kier alpha value is 1.10. The molecule has 0 saturated heterocycles. The molecule has 0 bridgehead atoms. The van der Waals surface area contributed by atoms with Gasteiger partial charge in [0.2, 0.25) is 0 Å². The maximum Gasteiger partial charge on any atom is 3.00 e. The van der Waals surface area contributed by atoms with Crippen molar-refractivity contribution in [2.24, 2.45) is 0 Å². The molecule has 0 fully saturated rings. The Balaban J connectivity index is -0.0000000257. The third kappa shape index (κ3) is 492. The van der Waals surface area contributed by atoms with Crippen LogP contribution in [0.15, 0.2) is 0 Å². The molecule has 0 aromatic heterocycles. The summed E-state index contributed by atoms with van der Waals surface area (Å²) in [6.45, 7) is 0. The van der Waals surface area contributed by atoms with Gasteiger partial charge in [0.25, 0.3) is 0 Å². The van der Waals surface area contributed by atoms with E-state index < -0.39 is 26.1 Å². The van der Waals surface area contributed by atoms with Crippen LogP contribution in [0.2, 0.25) is 0 Å². The van der Waals surface area contributed by atoms with Crippen LogP contribution in [-0.4, -0.2) is 0 Å². The molecule has 63 valence electrons. The molecule has 0 rings (SSSR count). The van der Waals surface area contributed by atoms with Crippen molar-refractivity contribution in [1.82, 2.24) is 0 Å². The van der Waals surface area contributed by atoms with Crippen LogP contribution in [0.25, 0.3) is 0 Å². The van der Waals surface area contributed by atoms with Crippen LogP contribution < -0.4 is 14.7 Å². The molecule has 0 saturated carbocycles. The Labute approximate surface area is 72.3 Å². The van der Waals surface area contributed by atoms with E-state index in [1.807, 2.05) is 0 Å². The zero-order valence-corrected chi connectivity index (χ0v) is 9.33. The van der Waals surface area contributed by atoms with Crippen molar-refractivity contribution < 1.29 is 45.7 Å². The zero-order valence-electron chi connectivity index (χ0n) is 4.59. The third-order valence-corrected chi connectivity index (χ3v) is 0. The molecular formula is H6CrO6P3. The molecule has 0 aliphatic rings. The second-order valence-corrected chi connectivity index (χ2v) is 0.866. The SMILES string of the molecule is O=[PH2][O-].O=[PH2][O-].O=[PH2][O-].[Cr+3]. The Morgan fingerprint density at radius 3 is 0.700 bits per heavy atom. The molecule has 0 N–H and O–H groups in total. The van der Waals surface area contributed by atoms with Crippen molar-refractivity contribution in [1.29, 1.82) is 0 Å². The molecular weight excluding hydrogens is 241 g/mol. The van der Waals surface area contributed by atoms with Crippen molar-refractivity contribution in [2.75, 3.05) is 0 Å². The quantitative estimate of drug-likeness (QED) is 0.422. The van der Waals surface area contributed by atoms with Crippen molar-refractivity contribution in [3.63, 3.8) is 0 Å². The largest absolute Gasteiger partial charge is 3.00 e. The van der Waals surface area contributed by atoms with E-state index in [1.54, 1.807) is 0 Å². The first-order valence-electron chi connectivity index (χ1n) is 1.41. The van der Waals surface area contributed by atoms with E-state index in [0.717, 1.165) is 0 Å². The van der Waals surface area contributed by atoms with Crippen LogP contribution in [-0.2, 0) is 31.1 Å². The van der Waals surface area contributed by atoms with Crippen LogP contribution in [0.4, 0.5) is 0 Å². The monoisotopic (exact) mass is 247 g/mol. The predicted molar refractivity (Wildman–Crippen MR) is 31.2 cm³/mol. The van der Waals surface area contributed by atoms with E-state index in [-0.39, 0.29) is 17.4 Å². The predicted octanol–water partition coefficient (Wildman–Crippen LogP) is -2.95. The first kappa shape index (κ1) is 22.5. The van der Waals surface area contributed by atoms with Crippen LogP contribution in [0.3, 0.4) is 0 Å². The van der Waals surface area contributed by atoms with E-state index in [0.29, 0.717) is 0 Å². The van der Waals surface area contributed by atoms with E-state index in [2.05, 4.69) is 0 Å². The van der Waals surface area contributed by atoms with Gasteiger partial charge in [-0.3, -0.25) is 0 Å². The van der Waals surface area contributed by atoms with Crippen LogP contribution in [0.1, 0.15) is 0 Å². The smallest absolute Gasteiger partial charge is 0.804 e. The molecule has 0 amide bonds. The van der Waals surface area contributed by atoms with Crippen molar-refractivity contribution >= 4 is 26.1 Å². The molecule has 1 radical (unpaired) electrons. The molecule has 10 heteroatoms. The fraction of sp³-hybridized carbons (Fsp3) is 0. The van der Waals surface area contributed by atoms with Crippen molar-refractivity contribution in [2.45, 2.75) is 0 Å². The standard InChI is InChI=1S/Cr.3H3O2P/c;3*1-3-2/h;3*3H2,(H,1,2)/q+3;;;/p-3. The van der Waals surface area contributed by atoms with Crippen molar-refractivity contribution in [3.05, 3.63) is 0 Å². The summed E-state index contributed by atoms with van der Waals surface area (Å²) in [5, 5.41) is 0. The van der Waals surface area contributed by atoms with Gasteiger partial charge in [-0.15, -0.1) is 0 Å². The second-order valence-electron chi connectivity index (χ2n) is 0.289. The van der Waals surface area contributed by atoms with Crippen LogP contribution >= 0.6 is 26.1 Å². The zero-order chi connectivity index (χ0) is 8.12. The van der Waals surface area contributed by atoms with Crippen molar-refractivity contribution in [3.8, 4) is 0 Å². The van der Waals surface area contributed by atoms with Gasteiger partial charge < -0.3 is 28.4 Å². The van der Waals surface area contributed by atoms with E-state index >= 15 is 0 Å². The summed E-state index contributed by atoms with van der Waals surface area (Å²) in [6.07, 6.45) is 0. The summed E-state index contributed by atoms with van der Waals surface area (Å²) in [4.78, 5) is 25.4. The number of hydrogen-bond acceptors (Lipinski definition) is 6. The summed E-state index contributed by atoms with van der Waals surface area (Å²) in [7, 11) is -5.25. The molecule has 0 heterocycles. The molecule has 6 nitrogen and oxygen atoms in total. The van der Waals surface area contributed by atoms with Gasteiger partial charge in [0.15, 0.2) is 0 Å². The molecule has 3 unspecified atom stereocenters. The number of hydrogen-bond donors (Lipinski definition) is 0. The van der Waals surface area contributed by atoms with Gasteiger partial charge in [-0.25, -0.2) is 0 Å². The third-order valence-electron chi connectivity index (χ3n) is 0. The fourth-order valence-electron chi connectivity index (χ4n) is 0. The summed E-state index contributed by atoms with van der Waals surface area (Å²) in [5.74, 6) is 0. The molecule has 10 heavy (non-hydrogen) atoms. The van der Waals surface area contributed by atoms with Gasteiger partial charge in [-0.05, 0) is 26.1 Å². The molecule has 0 aromatic rings. The fourth-order valence-corrected chi connectivity index (χ4v) is 0. The molecule has 0 spiro atoms. The van der Waals surface area contributed by atoms with Gasteiger partial charge in [-0.1, -0.05) is 0 Å². The van der Waals surface area contributed by atoms with E-state index in [1.165, 1.54) is 0 Å². The molecule has 0 aliphatic heterocycles. The first-order valence-corrected chi connectivity index (χ1v) is 4.24. The maximum absolute atomic E-state index is 8.46. The molecule has 3 atom stereocenters. The van der Waals surface area contributed by atoms with E-state index in [9.17, 15) is 0 Å². The summed E-state index contributed by atoms with van der Waals surface area (Å²) >= 11 is 0. The molecule has 0 aromatic carbocycles. The average molecular weight is 247 g/mol. The van der Waals surface area contributed by atoms with Gasteiger partial charge in [0, 0.05) is 0 Å². The van der Waals surface area contributed by atoms with Gasteiger partial charge >= 0.3 is 17.4 Å². The van der Waals surface area contributed by atoms with E-state index in [4.69, 9.17) is 28.4 Å². The maximum atomic E-state index is 8.46. The minimum absolute atomic E-state index is 0. The first-order chi connectivity index (χ1) is 4.24. The van der Waals surface area contributed by atoms with Crippen LogP contribution in [0, 0.1) is 0 Å². The normalized spacial score (nSPS) is 8.70. The number of rotatable bonds is 0.